The number of hydrogen-bond donors (Lipinski definition) is 0. The number of halogens is 3. The minimum atomic E-state index is -1.50. The smallest absolute Gasteiger partial charge is 0.256 e. The summed E-state index contributed by atoms with van der Waals surface area (Å²) >= 11 is 0. The van der Waals surface area contributed by atoms with Crippen molar-refractivity contribution in [3.63, 3.8) is 0 Å². The summed E-state index contributed by atoms with van der Waals surface area (Å²) in [5, 5.41) is 8.92. The van der Waals surface area contributed by atoms with Gasteiger partial charge in [0.2, 0.25) is 0 Å². The van der Waals surface area contributed by atoms with Gasteiger partial charge in [0.15, 0.2) is 17.5 Å². The molecule has 4 aromatic rings. The second kappa shape index (κ2) is 8.32. The number of fused-ring (bicyclic) bond motifs is 4. The lowest BCUT2D eigenvalue weighted by Gasteiger charge is -2.45. The van der Waals surface area contributed by atoms with Gasteiger partial charge in [-0.3, -0.25) is 9.48 Å². The largest absolute Gasteiger partial charge is 0.327 e. The second-order valence-corrected chi connectivity index (χ2v) is 9.47. The van der Waals surface area contributed by atoms with E-state index in [9.17, 15) is 18.0 Å². The van der Waals surface area contributed by atoms with Crippen LogP contribution in [0.4, 0.5) is 13.2 Å². The van der Waals surface area contributed by atoms with Crippen molar-refractivity contribution in [3.8, 4) is 16.9 Å². The standard InChI is InChI=1S/C26H23F3N6O/c1-14-6-7-17(22(8-14)34-13-30-12-31-34)26(36)35-16-4-3-5-21(35)24-18(11-16)25(33(2)32-24)15-9-19(27)23(29)20(28)10-15/h6-10,12-13,16,21H,3-5,11H2,1-2H3/t16-,21+/m1/s1. The molecule has 184 valence electrons. The van der Waals surface area contributed by atoms with Crippen molar-refractivity contribution < 1.29 is 18.0 Å². The minimum Gasteiger partial charge on any atom is -0.327 e. The van der Waals surface area contributed by atoms with Gasteiger partial charge >= 0.3 is 0 Å². The minimum absolute atomic E-state index is 0.105. The van der Waals surface area contributed by atoms with Crippen LogP contribution in [0, 0.1) is 24.4 Å². The Morgan fingerprint density at radius 1 is 1.08 bits per heavy atom. The molecular weight excluding hydrogens is 469 g/mol. The molecule has 7 nitrogen and oxygen atoms in total. The van der Waals surface area contributed by atoms with Gasteiger partial charge in [-0.25, -0.2) is 22.8 Å². The summed E-state index contributed by atoms with van der Waals surface area (Å²) in [5.41, 5.74) is 4.51. The fraction of sp³-hybridized carbons (Fsp3) is 0.308. The van der Waals surface area contributed by atoms with E-state index in [1.807, 2.05) is 30.0 Å². The summed E-state index contributed by atoms with van der Waals surface area (Å²) in [4.78, 5) is 20.0. The van der Waals surface area contributed by atoms with E-state index in [0.717, 1.165) is 48.2 Å². The van der Waals surface area contributed by atoms with E-state index in [4.69, 9.17) is 5.10 Å². The Morgan fingerprint density at radius 2 is 1.86 bits per heavy atom. The number of benzene rings is 2. The Kier molecular flexibility index (Phi) is 5.20. The highest BCUT2D eigenvalue weighted by atomic mass is 19.2. The van der Waals surface area contributed by atoms with Crippen molar-refractivity contribution >= 4 is 5.91 Å². The topological polar surface area (TPSA) is 68.8 Å². The summed E-state index contributed by atoms with van der Waals surface area (Å²) in [6, 6.07) is 7.23. The Labute approximate surface area is 205 Å². The molecule has 2 aliphatic rings. The lowest BCUT2D eigenvalue weighted by atomic mass is 9.81. The van der Waals surface area contributed by atoms with Crippen molar-refractivity contribution in [1.82, 2.24) is 29.4 Å². The number of piperidine rings is 1. The third kappa shape index (κ3) is 3.42. The number of amides is 1. The first kappa shape index (κ1) is 22.5. The molecule has 2 aromatic heterocycles. The van der Waals surface area contributed by atoms with E-state index in [1.54, 1.807) is 22.7 Å². The van der Waals surface area contributed by atoms with E-state index in [0.29, 0.717) is 23.4 Å². The maximum atomic E-state index is 14.1. The molecule has 1 saturated heterocycles. The molecule has 6 rings (SSSR count). The molecule has 2 atom stereocenters. The molecule has 10 heteroatoms. The average molecular weight is 493 g/mol. The van der Waals surface area contributed by atoms with Crippen LogP contribution in [0.15, 0.2) is 43.0 Å². The summed E-state index contributed by atoms with van der Waals surface area (Å²) in [6.07, 6.45) is 5.94. The van der Waals surface area contributed by atoms with Crippen LogP contribution in [0.1, 0.15) is 52.5 Å². The highest BCUT2D eigenvalue weighted by Gasteiger charge is 2.44. The monoisotopic (exact) mass is 492 g/mol. The first-order chi connectivity index (χ1) is 17.3. The highest BCUT2D eigenvalue weighted by molar-refractivity contribution is 5.98. The first-order valence-electron chi connectivity index (χ1n) is 11.8. The third-order valence-corrected chi connectivity index (χ3v) is 7.22. The van der Waals surface area contributed by atoms with Crippen LogP contribution in [-0.2, 0) is 13.5 Å². The van der Waals surface area contributed by atoms with E-state index in [2.05, 4.69) is 10.1 Å². The second-order valence-electron chi connectivity index (χ2n) is 9.47. The molecule has 2 aromatic carbocycles. The first-order valence-corrected chi connectivity index (χ1v) is 11.8. The number of aryl methyl sites for hydroxylation is 2. The molecule has 2 aliphatic heterocycles. The zero-order valence-corrected chi connectivity index (χ0v) is 19.8. The molecule has 4 heterocycles. The highest BCUT2D eigenvalue weighted by Crippen LogP contribution is 2.45. The van der Waals surface area contributed by atoms with Crippen molar-refractivity contribution in [2.75, 3.05) is 0 Å². The van der Waals surface area contributed by atoms with Gasteiger partial charge in [0.05, 0.1) is 28.7 Å². The van der Waals surface area contributed by atoms with Crippen molar-refractivity contribution in [2.24, 2.45) is 7.05 Å². The zero-order valence-electron chi connectivity index (χ0n) is 19.8. The van der Waals surface area contributed by atoms with Crippen LogP contribution < -0.4 is 0 Å². The molecule has 1 amide bonds. The summed E-state index contributed by atoms with van der Waals surface area (Å²) < 4.78 is 44.9. The van der Waals surface area contributed by atoms with Crippen molar-refractivity contribution in [3.05, 3.63) is 82.8 Å². The summed E-state index contributed by atoms with van der Waals surface area (Å²) in [6.45, 7) is 1.95. The van der Waals surface area contributed by atoms with Gasteiger partial charge in [-0.05, 0) is 62.4 Å². The van der Waals surface area contributed by atoms with Crippen LogP contribution >= 0.6 is 0 Å². The van der Waals surface area contributed by atoms with Crippen LogP contribution in [0.2, 0.25) is 0 Å². The molecule has 0 radical (unpaired) electrons. The Bertz CT molecular complexity index is 1470. The summed E-state index contributed by atoms with van der Waals surface area (Å²) in [5.74, 6) is -4.10. The zero-order chi connectivity index (χ0) is 25.1. The normalized spacial score (nSPS) is 18.9. The van der Waals surface area contributed by atoms with Crippen LogP contribution in [0.5, 0.6) is 0 Å². The van der Waals surface area contributed by atoms with Gasteiger partial charge in [-0.1, -0.05) is 6.07 Å². The Hall–Kier alpha value is -3.95. The number of hydrogen-bond acceptors (Lipinski definition) is 4. The molecule has 1 fully saturated rings. The quantitative estimate of drug-likeness (QED) is 0.390. The predicted octanol–water partition coefficient (Wildman–Crippen LogP) is 4.69. The average Bonchev–Trinajstić information content (AvgIpc) is 3.49. The number of aromatic nitrogens is 5. The summed E-state index contributed by atoms with van der Waals surface area (Å²) in [7, 11) is 1.70. The van der Waals surface area contributed by atoms with Crippen LogP contribution in [0.3, 0.4) is 0 Å². The van der Waals surface area contributed by atoms with Gasteiger partial charge in [-0.2, -0.15) is 10.2 Å². The third-order valence-electron chi connectivity index (χ3n) is 7.22. The van der Waals surface area contributed by atoms with E-state index in [1.165, 1.54) is 6.33 Å². The van der Waals surface area contributed by atoms with E-state index in [-0.39, 0.29) is 23.6 Å². The molecule has 0 aliphatic carbocycles. The number of carbonyl (C=O) groups is 1. The molecule has 0 N–H and O–H groups in total. The van der Waals surface area contributed by atoms with Crippen molar-refractivity contribution in [1.29, 1.82) is 0 Å². The lowest BCUT2D eigenvalue weighted by molar-refractivity contribution is 0.0391. The molecule has 0 saturated carbocycles. The van der Waals surface area contributed by atoms with Crippen LogP contribution in [-0.4, -0.2) is 41.4 Å². The van der Waals surface area contributed by atoms with Gasteiger partial charge < -0.3 is 4.90 Å². The van der Waals surface area contributed by atoms with Gasteiger partial charge in [0, 0.05) is 24.2 Å². The molecule has 2 bridgehead atoms. The maximum absolute atomic E-state index is 14.1. The van der Waals surface area contributed by atoms with Gasteiger partial charge in [0.25, 0.3) is 5.91 Å². The molecule has 36 heavy (non-hydrogen) atoms. The van der Waals surface area contributed by atoms with E-state index >= 15 is 0 Å². The predicted molar refractivity (Wildman–Crippen MR) is 125 cm³/mol. The molecule has 0 spiro atoms. The number of rotatable bonds is 3. The maximum Gasteiger partial charge on any atom is 0.256 e. The number of nitrogens with zero attached hydrogens (tertiary/aromatic N) is 6. The van der Waals surface area contributed by atoms with Crippen LogP contribution in [0.25, 0.3) is 16.9 Å². The van der Waals surface area contributed by atoms with Crippen molar-refractivity contribution in [2.45, 2.75) is 44.7 Å². The van der Waals surface area contributed by atoms with E-state index < -0.39 is 17.5 Å². The lowest BCUT2D eigenvalue weighted by Crippen LogP contribution is -2.50. The fourth-order valence-corrected chi connectivity index (χ4v) is 5.69. The fourth-order valence-electron chi connectivity index (χ4n) is 5.69. The Balaban J connectivity index is 1.44. The SMILES string of the molecule is Cc1ccc(C(=O)N2[C@@H]3CCC[C@H]2c2nn(C)c(-c4cc(F)c(F)c(F)c4)c2C3)c(-n2cncn2)c1. The van der Waals surface area contributed by atoms with Gasteiger partial charge in [0.1, 0.15) is 12.7 Å². The number of carbonyl (C=O) groups excluding carboxylic acids is 1. The molecule has 0 unspecified atom stereocenters. The van der Waals surface area contributed by atoms with Gasteiger partial charge in [-0.15, -0.1) is 0 Å². The Morgan fingerprint density at radius 3 is 2.58 bits per heavy atom. The molecular formula is C26H23F3N6O.